The van der Waals surface area contributed by atoms with E-state index in [4.69, 9.17) is 4.74 Å². The van der Waals surface area contributed by atoms with Gasteiger partial charge in [0.05, 0.1) is 0 Å². The largest absolute Gasteiger partial charge is 0.385 e. The topological polar surface area (TPSA) is 50.4 Å². The van der Waals surface area contributed by atoms with Gasteiger partial charge in [-0.15, -0.1) is 0 Å². The Kier molecular flexibility index (Phi) is 6.79. The predicted molar refractivity (Wildman–Crippen MR) is 61.6 cm³/mol. The van der Waals surface area contributed by atoms with Gasteiger partial charge in [-0.3, -0.25) is 0 Å². The summed E-state index contributed by atoms with van der Waals surface area (Å²) >= 11 is 0. The van der Waals surface area contributed by atoms with Crippen LogP contribution in [0.25, 0.3) is 0 Å². The first-order valence-corrected chi connectivity index (χ1v) is 5.17. The van der Waals surface area contributed by atoms with Gasteiger partial charge in [-0.2, -0.15) is 0 Å². The van der Waals surface area contributed by atoms with Gasteiger partial charge >= 0.3 is 6.03 Å². The fourth-order valence-corrected chi connectivity index (χ4v) is 0.837. The molecule has 0 aliphatic rings. The smallest absolute Gasteiger partial charge is 0.318 e. The average molecular weight is 214 g/mol. The van der Waals surface area contributed by atoms with Crippen molar-refractivity contribution < 1.29 is 9.53 Å². The Labute approximate surface area is 92.1 Å². The van der Waals surface area contributed by atoms with Gasteiger partial charge in [-0.1, -0.05) is 26.8 Å². The Bertz CT molecular complexity index is 207. The van der Waals surface area contributed by atoms with Crippen LogP contribution in [0.15, 0.2) is 12.3 Å². The first kappa shape index (κ1) is 14.0. The van der Waals surface area contributed by atoms with Gasteiger partial charge < -0.3 is 15.4 Å². The van der Waals surface area contributed by atoms with E-state index in [0.717, 1.165) is 6.42 Å². The average Bonchev–Trinajstić information content (AvgIpc) is 2.10. The molecule has 4 heteroatoms. The van der Waals surface area contributed by atoms with E-state index in [0.29, 0.717) is 13.2 Å². The van der Waals surface area contributed by atoms with E-state index >= 15 is 0 Å². The first-order chi connectivity index (χ1) is 6.95. The van der Waals surface area contributed by atoms with Gasteiger partial charge in [0.15, 0.2) is 0 Å². The second kappa shape index (κ2) is 7.29. The van der Waals surface area contributed by atoms with Crippen molar-refractivity contribution in [3.8, 4) is 0 Å². The number of ether oxygens (including phenoxy) is 1. The van der Waals surface area contributed by atoms with Crippen LogP contribution >= 0.6 is 0 Å². The molecule has 0 rings (SSSR count). The summed E-state index contributed by atoms with van der Waals surface area (Å²) in [5, 5.41) is 5.37. The third kappa shape index (κ3) is 10.9. The fourth-order valence-electron chi connectivity index (χ4n) is 0.837. The molecule has 4 nitrogen and oxygen atoms in total. The van der Waals surface area contributed by atoms with E-state index in [2.05, 4.69) is 31.4 Å². The minimum atomic E-state index is -0.174. The van der Waals surface area contributed by atoms with E-state index in [1.807, 2.05) is 6.08 Å². The van der Waals surface area contributed by atoms with Gasteiger partial charge in [-0.25, -0.2) is 4.79 Å². The molecule has 0 aromatic rings. The molecule has 0 fully saturated rings. The molecule has 0 radical (unpaired) electrons. The SMILES string of the molecule is COCCCNC(=O)N/C=C/C(C)(C)C. The van der Waals surface area contributed by atoms with E-state index in [9.17, 15) is 4.79 Å². The summed E-state index contributed by atoms with van der Waals surface area (Å²) in [5.74, 6) is 0. The number of allylic oxidation sites excluding steroid dienone is 1. The number of hydrogen-bond acceptors (Lipinski definition) is 2. The lowest BCUT2D eigenvalue weighted by Gasteiger charge is -2.11. The molecule has 0 aliphatic carbocycles. The number of amides is 2. The normalized spacial score (nSPS) is 11.7. The number of carbonyl (C=O) groups excluding carboxylic acids is 1. The summed E-state index contributed by atoms with van der Waals surface area (Å²) < 4.78 is 4.86. The Morgan fingerprint density at radius 1 is 1.40 bits per heavy atom. The van der Waals surface area contributed by atoms with Crippen molar-refractivity contribution in [3.05, 3.63) is 12.3 Å². The molecule has 88 valence electrons. The minimum Gasteiger partial charge on any atom is -0.385 e. The Balaban J connectivity index is 3.54. The fraction of sp³-hybridized carbons (Fsp3) is 0.727. The van der Waals surface area contributed by atoms with Crippen LogP contribution in [0.1, 0.15) is 27.2 Å². The zero-order valence-corrected chi connectivity index (χ0v) is 10.1. The summed E-state index contributed by atoms with van der Waals surface area (Å²) in [6.45, 7) is 7.51. The molecule has 0 saturated heterocycles. The second-order valence-corrected chi connectivity index (χ2v) is 4.45. The molecule has 0 aromatic carbocycles. The Morgan fingerprint density at radius 3 is 2.60 bits per heavy atom. The molecule has 0 saturated carbocycles. The molecule has 0 atom stereocenters. The number of urea groups is 1. The van der Waals surface area contributed by atoms with Gasteiger partial charge in [0.1, 0.15) is 0 Å². The van der Waals surface area contributed by atoms with Crippen LogP contribution in [-0.2, 0) is 4.74 Å². The second-order valence-electron chi connectivity index (χ2n) is 4.45. The molecular formula is C11H22N2O2. The van der Waals surface area contributed by atoms with Crippen LogP contribution in [0.4, 0.5) is 4.79 Å². The first-order valence-electron chi connectivity index (χ1n) is 5.17. The van der Waals surface area contributed by atoms with E-state index < -0.39 is 0 Å². The standard InChI is InChI=1S/C11H22N2O2/c1-11(2,3)6-8-13-10(14)12-7-5-9-15-4/h6,8H,5,7,9H2,1-4H3,(H2,12,13,14)/b8-6+. The van der Waals surface area contributed by atoms with Crippen LogP contribution in [0, 0.1) is 5.41 Å². The number of hydrogen-bond donors (Lipinski definition) is 2. The number of carbonyl (C=O) groups is 1. The van der Waals surface area contributed by atoms with Crippen molar-refractivity contribution in [3.63, 3.8) is 0 Å². The molecule has 0 spiro atoms. The number of methoxy groups -OCH3 is 1. The molecule has 15 heavy (non-hydrogen) atoms. The van der Waals surface area contributed by atoms with Crippen molar-refractivity contribution in [1.29, 1.82) is 0 Å². The molecule has 2 N–H and O–H groups in total. The maximum absolute atomic E-state index is 11.2. The highest BCUT2D eigenvalue weighted by Gasteiger charge is 2.03. The van der Waals surface area contributed by atoms with Crippen molar-refractivity contribution in [1.82, 2.24) is 10.6 Å². The van der Waals surface area contributed by atoms with Crippen LogP contribution < -0.4 is 10.6 Å². The summed E-state index contributed by atoms with van der Waals surface area (Å²) in [5.41, 5.74) is 0.0866. The maximum atomic E-state index is 11.2. The number of nitrogens with one attached hydrogen (secondary N) is 2. The molecule has 0 aromatic heterocycles. The zero-order chi connectivity index (χ0) is 11.7. The van der Waals surface area contributed by atoms with Gasteiger partial charge in [-0.05, 0) is 11.8 Å². The van der Waals surface area contributed by atoms with E-state index in [1.54, 1.807) is 13.3 Å². The third-order valence-corrected chi connectivity index (χ3v) is 1.61. The van der Waals surface area contributed by atoms with Crippen LogP contribution in [0.5, 0.6) is 0 Å². The van der Waals surface area contributed by atoms with Crippen LogP contribution in [0.2, 0.25) is 0 Å². The molecule has 0 unspecified atom stereocenters. The monoisotopic (exact) mass is 214 g/mol. The lowest BCUT2D eigenvalue weighted by Crippen LogP contribution is -2.33. The molecular weight excluding hydrogens is 192 g/mol. The highest BCUT2D eigenvalue weighted by molar-refractivity contribution is 5.74. The van der Waals surface area contributed by atoms with Crippen molar-refractivity contribution >= 4 is 6.03 Å². The van der Waals surface area contributed by atoms with E-state index in [-0.39, 0.29) is 11.4 Å². The summed E-state index contributed by atoms with van der Waals surface area (Å²) in [6.07, 6.45) is 4.44. The Hall–Kier alpha value is -1.03. The van der Waals surface area contributed by atoms with Crippen molar-refractivity contribution in [2.24, 2.45) is 5.41 Å². The quantitative estimate of drug-likeness (QED) is 0.686. The van der Waals surface area contributed by atoms with Gasteiger partial charge in [0.2, 0.25) is 0 Å². The lowest BCUT2D eigenvalue weighted by molar-refractivity contribution is 0.193. The van der Waals surface area contributed by atoms with Gasteiger partial charge in [0, 0.05) is 26.5 Å². The highest BCUT2D eigenvalue weighted by atomic mass is 16.5. The van der Waals surface area contributed by atoms with Gasteiger partial charge in [0.25, 0.3) is 0 Å². The zero-order valence-electron chi connectivity index (χ0n) is 10.1. The molecule has 0 aliphatic heterocycles. The summed E-state index contributed by atoms with van der Waals surface area (Å²) in [7, 11) is 1.64. The number of rotatable bonds is 5. The maximum Gasteiger partial charge on any atom is 0.318 e. The predicted octanol–water partition coefficient (Wildman–Crippen LogP) is 1.88. The summed E-state index contributed by atoms with van der Waals surface area (Å²) in [6, 6.07) is -0.174. The van der Waals surface area contributed by atoms with E-state index in [1.165, 1.54) is 0 Å². The summed E-state index contributed by atoms with van der Waals surface area (Å²) in [4.78, 5) is 11.2. The Morgan fingerprint density at radius 2 is 2.07 bits per heavy atom. The molecule has 0 bridgehead atoms. The van der Waals surface area contributed by atoms with Crippen LogP contribution in [0.3, 0.4) is 0 Å². The van der Waals surface area contributed by atoms with Crippen LogP contribution in [-0.4, -0.2) is 26.3 Å². The lowest BCUT2D eigenvalue weighted by atomic mass is 9.97. The minimum absolute atomic E-state index is 0.0866. The third-order valence-electron chi connectivity index (χ3n) is 1.61. The highest BCUT2D eigenvalue weighted by Crippen LogP contribution is 2.13. The molecule has 0 heterocycles. The van der Waals surface area contributed by atoms with Crippen molar-refractivity contribution in [2.45, 2.75) is 27.2 Å². The van der Waals surface area contributed by atoms with Crippen molar-refractivity contribution in [2.75, 3.05) is 20.3 Å². The molecule has 2 amide bonds.